The number of pyridine rings is 1. The summed E-state index contributed by atoms with van der Waals surface area (Å²) in [6.07, 6.45) is 4.82. The molecule has 1 atom stereocenters. The molecule has 2 heterocycles. The van der Waals surface area contributed by atoms with E-state index in [1.165, 1.54) is 16.8 Å². The van der Waals surface area contributed by atoms with Gasteiger partial charge in [0, 0.05) is 42.2 Å². The van der Waals surface area contributed by atoms with Crippen molar-refractivity contribution < 1.29 is 0 Å². The summed E-state index contributed by atoms with van der Waals surface area (Å²) in [5.41, 5.74) is 4.93. The molecular formula is C21H26N4. The minimum atomic E-state index is 0.423. The Morgan fingerprint density at radius 2 is 1.84 bits per heavy atom. The third kappa shape index (κ3) is 4.54. The van der Waals surface area contributed by atoms with Crippen molar-refractivity contribution in [3.05, 3.63) is 83.4 Å². The summed E-state index contributed by atoms with van der Waals surface area (Å²) < 4.78 is 2.09. The number of hydrogen-bond acceptors (Lipinski definition) is 3. The van der Waals surface area contributed by atoms with Crippen LogP contribution in [0.3, 0.4) is 0 Å². The smallest absolute Gasteiger partial charge is 0.0662 e. The molecule has 0 spiro atoms. The van der Waals surface area contributed by atoms with Gasteiger partial charge in [-0.2, -0.15) is 5.10 Å². The summed E-state index contributed by atoms with van der Waals surface area (Å²) in [5, 5.41) is 4.59. The Labute approximate surface area is 150 Å². The number of aromatic nitrogens is 3. The third-order valence-electron chi connectivity index (χ3n) is 4.78. The van der Waals surface area contributed by atoms with Crippen LogP contribution in [0.5, 0.6) is 0 Å². The van der Waals surface area contributed by atoms with Crippen LogP contribution in [0.15, 0.2) is 60.9 Å². The van der Waals surface area contributed by atoms with Gasteiger partial charge in [-0.15, -0.1) is 0 Å². The van der Waals surface area contributed by atoms with Crippen LogP contribution in [0.2, 0.25) is 0 Å². The molecule has 0 saturated carbocycles. The van der Waals surface area contributed by atoms with E-state index in [1.54, 1.807) is 0 Å². The zero-order valence-corrected chi connectivity index (χ0v) is 15.3. The van der Waals surface area contributed by atoms with E-state index in [9.17, 15) is 0 Å². The Hall–Kier alpha value is -2.46. The van der Waals surface area contributed by atoms with Gasteiger partial charge < -0.3 is 0 Å². The number of benzene rings is 1. The Morgan fingerprint density at radius 3 is 2.56 bits per heavy atom. The molecule has 4 nitrogen and oxygen atoms in total. The second-order valence-corrected chi connectivity index (χ2v) is 6.69. The predicted molar refractivity (Wildman–Crippen MR) is 101 cm³/mol. The van der Waals surface area contributed by atoms with Crippen LogP contribution in [0, 0.1) is 6.92 Å². The molecule has 0 aliphatic carbocycles. The van der Waals surface area contributed by atoms with Crippen LogP contribution < -0.4 is 0 Å². The molecule has 3 aromatic rings. The number of hydrogen-bond donors (Lipinski definition) is 0. The fraction of sp³-hybridized carbons (Fsp3) is 0.333. The molecule has 2 aromatic heterocycles. The quantitative estimate of drug-likeness (QED) is 0.661. The van der Waals surface area contributed by atoms with Crippen molar-refractivity contribution in [3.63, 3.8) is 0 Å². The van der Waals surface area contributed by atoms with Crippen LogP contribution in [0.4, 0.5) is 0 Å². The molecule has 0 aliphatic heterocycles. The molecule has 1 unspecified atom stereocenters. The van der Waals surface area contributed by atoms with Crippen molar-refractivity contribution in [2.24, 2.45) is 0 Å². The van der Waals surface area contributed by atoms with Gasteiger partial charge in [0.25, 0.3) is 0 Å². The zero-order chi connectivity index (χ0) is 17.6. The van der Waals surface area contributed by atoms with E-state index in [0.717, 1.165) is 25.2 Å². The normalized spacial score (nSPS) is 12.5. The van der Waals surface area contributed by atoms with E-state index in [-0.39, 0.29) is 0 Å². The van der Waals surface area contributed by atoms with Gasteiger partial charge in [0.15, 0.2) is 0 Å². The van der Waals surface area contributed by atoms with Crippen LogP contribution in [0.1, 0.15) is 29.4 Å². The monoisotopic (exact) mass is 334 g/mol. The Balaban J connectivity index is 1.62. The number of nitrogens with zero attached hydrogens (tertiary/aromatic N) is 4. The van der Waals surface area contributed by atoms with Gasteiger partial charge in [-0.3, -0.25) is 14.6 Å². The Bertz CT molecular complexity index is 780. The van der Waals surface area contributed by atoms with Crippen LogP contribution in [-0.2, 0) is 19.5 Å². The molecule has 0 radical (unpaired) electrons. The van der Waals surface area contributed by atoms with E-state index in [0.29, 0.717) is 6.04 Å². The lowest BCUT2D eigenvalue weighted by molar-refractivity contribution is 0.246. The van der Waals surface area contributed by atoms with Gasteiger partial charge in [0.2, 0.25) is 0 Å². The molecule has 0 amide bonds. The van der Waals surface area contributed by atoms with E-state index < -0.39 is 0 Å². The van der Waals surface area contributed by atoms with E-state index in [2.05, 4.69) is 70.9 Å². The molecule has 0 saturated heterocycles. The lowest BCUT2D eigenvalue weighted by atomic mass is 10.1. The van der Waals surface area contributed by atoms with Crippen molar-refractivity contribution >= 4 is 0 Å². The van der Waals surface area contributed by atoms with E-state index in [1.807, 2.05) is 30.6 Å². The van der Waals surface area contributed by atoms with Crippen LogP contribution in [-0.4, -0.2) is 32.8 Å². The van der Waals surface area contributed by atoms with E-state index in [4.69, 9.17) is 0 Å². The van der Waals surface area contributed by atoms with Gasteiger partial charge in [0.1, 0.15) is 0 Å². The summed E-state index contributed by atoms with van der Waals surface area (Å²) in [4.78, 5) is 6.80. The third-order valence-corrected chi connectivity index (χ3v) is 4.78. The number of rotatable bonds is 7. The fourth-order valence-corrected chi connectivity index (χ4v) is 2.96. The minimum absolute atomic E-state index is 0.423. The highest BCUT2D eigenvalue weighted by molar-refractivity contribution is 5.20. The maximum atomic E-state index is 4.59. The molecule has 1 aromatic carbocycles. The second kappa shape index (κ2) is 8.08. The topological polar surface area (TPSA) is 34.0 Å². The molecule has 0 N–H and O–H groups in total. The van der Waals surface area contributed by atoms with Crippen LogP contribution >= 0.6 is 0 Å². The largest absolute Gasteiger partial charge is 0.299 e. The second-order valence-electron chi connectivity index (χ2n) is 6.69. The van der Waals surface area contributed by atoms with Gasteiger partial charge in [0.05, 0.1) is 12.7 Å². The maximum absolute atomic E-state index is 4.59. The van der Waals surface area contributed by atoms with Gasteiger partial charge >= 0.3 is 0 Å². The molecular weight excluding hydrogens is 308 g/mol. The van der Waals surface area contributed by atoms with Crippen molar-refractivity contribution in [1.82, 2.24) is 19.7 Å². The first-order valence-electron chi connectivity index (χ1n) is 8.79. The molecule has 0 fully saturated rings. The van der Waals surface area contributed by atoms with Gasteiger partial charge in [-0.1, -0.05) is 36.4 Å². The summed E-state index contributed by atoms with van der Waals surface area (Å²) in [6, 6.07) is 17.0. The average Bonchev–Trinajstić information content (AvgIpc) is 2.97. The first kappa shape index (κ1) is 17.4. The minimum Gasteiger partial charge on any atom is -0.299 e. The summed E-state index contributed by atoms with van der Waals surface area (Å²) in [7, 11) is 2.17. The lowest BCUT2D eigenvalue weighted by Crippen LogP contribution is -2.30. The first-order valence-corrected chi connectivity index (χ1v) is 8.79. The zero-order valence-electron chi connectivity index (χ0n) is 15.3. The summed E-state index contributed by atoms with van der Waals surface area (Å²) >= 11 is 0. The Kier molecular flexibility index (Phi) is 5.61. The Morgan fingerprint density at radius 1 is 1.08 bits per heavy atom. The van der Waals surface area contributed by atoms with Gasteiger partial charge in [-0.25, -0.2) is 0 Å². The highest BCUT2D eigenvalue weighted by Crippen LogP contribution is 2.14. The van der Waals surface area contributed by atoms with Crippen molar-refractivity contribution in [3.8, 4) is 0 Å². The summed E-state index contributed by atoms with van der Waals surface area (Å²) in [5.74, 6) is 0. The molecule has 3 rings (SSSR count). The predicted octanol–water partition coefficient (Wildman–Crippen LogP) is 3.70. The molecule has 0 bridgehead atoms. The van der Waals surface area contributed by atoms with Gasteiger partial charge in [-0.05, 0) is 38.6 Å². The SMILES string of the molecule is Cc1c(CN(C)C(C)Cc2ccccn2)cnn1Cc1ccccc1. The first-order chi connectivity index (χ1) is 12.1. The fourth-order valence-electron chi connectivity index (χ4n) is 2.96. The molecule has 25 heavy (non-hydrogen) atoms. The van der Waals surface area contributed by atoms with Crippen LogP contribution in [0.25, 0.3) is 0 Å². The maximum Gasteiger partial charge on any atom is 0.0662 e. The van der Waals surface area contributed by atoms with Crippen molar-refractivity contribution in [1.29, 1.82) is 0 Å². The van der Waals surface area contributed by atoms with Crippen molar-refractivity contribution in [2.45, 2.75) is 39.4 Å². The average molecular weight is 334 g/mol. The molecule has 0 aliphatic rings. The highest BCUT2D eigenvalue weighted by Gasteiger charge is 2.14. The summed E-state index contributed by atoms with van der Waals surface area (Å²) in [6.45, 7) is 6.12. The molecule has 130 valence electrons. The highest BCUT2D eigenvalue weighted by atomic mass is 15.3. The molecule has 4 heteroatoms. The lowest BCUT2D eigenvalue weighted by Gasteiger charge is -2.24. The number of likely N-dealkylation sites (N-methyl/N-ethyl adjacent to an activating group) is 1. The van der Waals surface area contributed by atoms with E-state index >= 15 is 0 Å². The standard InChI is InChI=1S/C21H26N4/c1-17(13-21-11-7-8-12-22-21)24(3)16-20-14-23-25(18(20)2)15-19-9-5-4-6-10-19/h4-12,14,17H,13,15-16H2,1-3H3. The van der Waals surface area contributed by atoms with Crippen molar-refractivity contribution in [2.75, 3.05) is 7.05 Å².